The fourth-order valence-corrected chi connectivity index (χ4v) is 10.6. The van der Waals surface area contributed by atoms with Crippen LogP contribution in [0, 0.1) is 6.92 Å². The van der Waals surface area contributed by atoms with Gasteiger partial charge in [0, 0.05) is 19.1 Å². The molecule has 1 aromatic rings. The van der Waals surface area contributed by atoms with E-state index in [0.29, 0.717) is 0 Å². The van der Waals surface area contributed by atoms with E-state index in [-0.39, 0.29) is 0 Å². The molecule has 3 fully saturated rings. The zero-order valence-electron chi connectivity index (χ0n) is 16.6. The number of hydrogen-bond acceptors (Lipinski definition) is 3. The quantitative estimate of drug-likeness (QED) is 0.738. The van der Waals surface area contributed by atoms with Gasteiger partial charge < -0.3 is 9.64 Å². The molecule has 0 N–H and O–H groups in total. The van der Waals surface area contributed by atoms with Crippen LogP contribution in [0.2, 0.25) is 18.1 Å². The number of aryl methyl sites for hydroxylation is 1. The van der Waals surface area contributed by atoms with Gasteiger partial charge in [-0.15, -0.1) is 0 Å². The third-order valence-electron chi connectivity index (χ3n) is 7.25. The van der Waals surface area contributed by atoms with Crippen molar-refractivity contribution in [2.24, 2.45) is 0 Å². The van der Waals surface area contributed by atoms with Gasteiger partial charge in [-0.25, -0.2) is 0 Å². The van der Waals surface area contributed by atoms with Gasteiger partial charge in [0.1, 0.15) is 0 Å². The van der Waals surface area contributed by atoms with Crippen LogP contribution in [0.25, 0.3) is 0 Å². The maximum Gasteiger partial charge on any atom is 0.0879 e. The van der Waals surface area contributed by atoms with Gasteiger partial charge >= 0.3 is 0 Å². The average Bonchev–Trinajstić information content (AvgIpc) is 3.18. The molecule has 26 heavy (non-hydrogen) atoms. The molecule has 3 nitrogen and oxygen atoms in total. The summed E-state index contributed by atoms with van der Waals surface area (Å²) in [6, 6.07) is 15.0. The molecule has 3 aliphatic heterocycles. The summed E-state index contributed by atoms with van der Waals surface area (Å²) in [5.41, 5.74) is 1.40. The number of piperidine rings is 1. The molecular weight excluding hydrogens is 336 g/mol. The van der Waals surface area contributed by atoms with E-state index < -0.39 is 8.07 Å². The maximum absolute atomic E-state index is 5.52. The van der Waals surface area contributed by atoms with Crippen LogP contribution in [0.1, 0.15) is 31.2 Å². The highest BCUT2D eigenvalue weighted by Gasteiger charge is 2.38. The molecule has 3 heterocycles. The standard InChI is InChI=1S/C22H36N2OSi/c1-20-4-6-22(7-5-20)26(17-2-3-18-26)19-14-23-10-8-21(9-11-23)24-12-15-25-16-13-24/h4-7,21H,2-3,8-19H2,1H3. The summed E-state index contributed by atoms with van der Waals surface area (Å²) in [5, 5.41) is 1.74. The third kappa shape index (κ3) is 4.24. The van der Waals surface area contributed by atoms with Crippen LogP contribution in [0.3, 0.4) is 0 Å². The van der Waals surface area contributed by atoms with Crippen LogP contribution in [0.4, 0.5) is 0 Å². The van der Waals surface area contributed by atoms with E-state index in [0.717, 1.165) is 32.3 Å². The largest absolute Gasteiger partial charge is 0.379 e. The highest BCUT2D eigenvalue weighted by molar-refractivity contribution is 6.92. The van der Waals surface area contributed by atoms with Crippen molar-refractivity contribution in [2.45, 2.75) is 56.8 Å². The lowest BCUT2D eigenvalue weighted by Crippen LogP contribution is -2.51. The van der Waals surface area contributed by atoms with Gasteiger partial charge in [-0.05, 0) is 45.4 Å². The molecule has 0 aliphatic carbocycles. The summed E-state index contributed by atoms with van der Waals surface area (Å²) in [6.07, 6.45) is 5.66. The number of benzene rings is 1. The maximum atomic E-state index is 5.52. The van der Waals surface area contributed by atoms with Crippen molar-refractivity contribution in [3.05, 3.63) is 29.8 Å². The lowest BCUT2D eigenvalue weighted by molar-refractivity contribution is 0.00132. The molecule has 0 saturated carbocycles. The van der Waals surface area contributed by atoms with Crippen molar-refractivity contribution in [1.82, 2.24) is 9.80 Å². The van der Waals surface area contributed by atoms with Crippen LogP contribution >= 0.6 is 0 Å². The molecule has 0 aromatic heterocycles. The van der Waals surface area contributed by atoms with Crippen molar-refractivity contribution in [1.29, 1.82) is 0 Å². The van der Waals surface area contributed by atoms with Gasteiger partial charge in [-0.1, -0.05) is 59.9 Å². The monoisotopic (exact) mass is 372 g/mol. The van der Waals surface area contributed by atoms with E-state index in [4.69, 9.17) is 4.74 Å². The Morgan fingerprint density at radius 1 is 0.962 bits per heavy atom. The molecule has 3 saturated heterocycles. The second-order valence-corrected chi connectivity index (χ2v) is 13.5. The first-order chi connectivity index (χ1) is 12.8. The summed E-state index contributed by atoms with van der Waals surface area (Å²) in [4.78, 5) is 5.46. The first kappa shape index (κ1) is 18.7. The predicted octanol–water partition coefficient (Wildman–Crippen LogP) is 3.24. The zero-order chi connectivity index (χ0) is 17.8. The molecule has 3 aliphatic rings. The topological polar surface area (TPSA) is 15.7 Å². The number of morpholine rings is 1. The Kier molecular flexibility index (Phi) is 6.14. The number of nitrogens with zero attached hydrogens (tertiary/aromatic N) is 2. The van der Waals surface area contributed by atoms with Crippen LogP contribution in [0.15, 0.2) is 24.3 Å². The summed E-state index contributed by atoms with van der Waals surface area (Å²) < 4.78 is 5.52. The minimum absolute atomic E-state index is 0.810. The number of rotatable bonds is 5. The van der Waals surface area contributed by atoms with Gasteiger partial charge in [-0.2, -0.15) is 0 Å². The molecule has 0 spiro atoms. The average molecular weight is 373 g/mol. The second-order valence-electron chi connectivity index (χ2n) is 8.82. The third-order valence-corrected chi connectivity index (χ3v) is 12.6. The molecule has 144 valence electrons. The van der Waals surface area contributed by atoms with Crippen LogP contribution in [-0.4, -0.2) is 69.9 Å². The molecule has 0 unspecified atom stereocenters. The van der Waals surface area contributed by atoms with Gasteiger partial charge in [0.15, 0.2) is 0 Å². The summed E-state index contributed by atoms with van der Waals surface area (Å²) in [7, 11) is -1.23. The van der Waals surface area contributed by atoms with E-state index in [9.17, 15) is 0 Å². The lowest BCUT2D eigenvalue weighted by atomic mass is 10.0. The predicted molar refractivity (Wildman–Crippen MR) is 112 cm³/mol. The first-order valence-electron chi connectivity index (χ1n) is 10.9. The minimum atomic E-state index is -1.23. The summed E-state index contributed by atoms with van der Waals surface area (Å²) >= 11 is 0. The van der Waals surface area contributed by atoms with Gasteiger partial charge in [0.25, 0.3) is 0 Å². The molecular formula is C22H36N2OSi. The normalized spacial score (nSPS) is 25.6. The summed E-state index contributed by atoms with van der Waals surface area (Å²) in [5.74, 6) is 0. The highest BCUT2D eigenvalue weighted by atomic mass is 28.3. The van der Waals surface area contributed by atoms with E-state index >= 15 is 0 Å². The van der Waals surface area contributed by atoms with E-state index in [1.807, 2.05) is 0 Å². The molecule has 0 amide bonds. The van der Waals surface area contributed by atoms with Crippen molar-refractivity contribution in [3.63, 3.8) is 0 Å². The van der Waals surface area contributed by atoms with Crippen LogP contribution < -0.4 is 5.19 Å². The van der Waals surface area contributed by atoms with Crippen molar-refractivity contribution in [2.75, 3.05) is 45.9 Å². The van der Waals surface area contributed by atoms with Crippen LogP contribution in [0.5, 0.6) is 0 Å². The fourth-order valence-electron chi connectivity index (χ4n) is 5.46. The Labute approximate surface area is 160 Å². The molecule has 4 rings (SSSR count). The zero-order valence-corrected chi connectivity index (χ0v) is 17.6. The Balaban J connectivity index is 1.31. The first-order valence-corrected chi connectivity index (χ1v) is 13.5. The van der Waals surface area contributed by atoms with Gasteiger partial charge in [0.05, 0.1) is 21.3 Å². The fraction of sp³-hybridized carbons (Fsp3) is 0.727. The van der Waals surface area contributed by atoms with Crippen molar-refractivity contribution < 1.29 is 4.74 Å². The minimum Gasteiger partial charge on any atom is -0.379 e. The van der Waals surface area contributed by atoms with Crippen LogP contribution in [-0.2, 0) is 4.74 Å². The Morgan fingerprint density at radius 2 is 1.62 bits per heavy atom. The molecule has 1 aromatic carbocycles. The highest BCUT2D eigenvalue weighted by Crippen LogP contribution is 2.33. The Hall–Kier alpha value is -0.683. The Morgan fingerprint density at radius 3 is 2.27 bits per heavy atom. The molecule has 0 bridgehead atoms. The molecule has 4 heteroatoms. The number of hydrogen-bond donors (Lipinski definition) is 0. The van der Waals surface area contributed by atoms with Gasteiger partial charge in [0.2, 0.25) is 0 Å². The van der Waals surface area contributed by atoms with E-state index in [1.54, 1.807) is 5.19 Å². The van der Waals surface area contributed by atoms with Crippen molar-refractivity contribution in [3.8, 4) is 0 Å². The smallest absolute Gasteiger partial charge is 0.0879 e. The van der Waals surface area contributed by atoms with Gasteiger partial charge in [-0.3, -0.25) is 4.90 Å². The molecule has 0 radical (unpaired) electrons. The number of ether oxygens (including phenoxy) is 1. The SMILES string of the molecule is Cc1ccc([Si]2(CCN3CCC(N4CCOCC4)CC3)CCCC2)cc1. The molecule has 0 atom stereocenters. The Bertz CT molecular complexity index is 556. The van der Waals surface area contributed by atoms with E-state index in [2.05, 4.69) is 41.0 Å². The summed E-state index contributed by atoms with van der Waals surface area (Å²) in [6.45, 7) is 10.3. The second kappa shape index (κ2) is 8.55. The number of likely N-dealkylation sites (tertiary alicyclic amines) is 1. The van der Waals surface area contributed by atoms with E-state index in [1.165, 1.54) is 69.0 Å². The lowest BCUT2D eigenvalue weighted by Gasteiger charge is -2.41. The van der Waals surface area contributed by atoms with Crippen molar-refractivity contribution >= 4 is 13.3 Å².